The van der Waals surface area contributed by atoms with Gasteiger partial charge in [0.05, 0.1) is 0 Å². The molecule has 0 spiro atoms. The van der Waals surface area contributed by atoms with Crippen molar-refractivity contribution in [3.05, 3.63) is 16.1 Å². The van der Waals surface area contributed by atoms with E-state index in [1.165, 1.54) is 11.3 Å². The molecule has 1 aromatic rings. The number of carbonyl (C=O) groups excluding carboxylic acids is 1. The Kier molecular flexibility index (Phi) is 7.32. The van der Waals surface area contributed by atoms with E-state index in [0.29, 0.717) is 18.8 Å². The minimum absolute atomic E-state index is 0.0357. The number of aliphatic hydroxyl groups excluding tert-OH is 1. The molecule has 0 radical (unpaired) electrons. The molecule has 120 valence electrons. The summed E-state index contributed by atoms with van der Waals surface area (Å²) in [7, 11) is 1.85. The molecule has 1 amide bonds. The number of thiazole rings is 1. The van der Waals surface area contributed by atoms with Gasteiger partial charge in [-0.05, 0) is 19.3 Å². The van der Waals surface area contributed by atoms with Gasteiger partial charge in [-0.1, -0.05) is 27.2 Å². The molecule has 0 saturated heterocycles. The number of nitrogens with zero attached hydrogens (tertiary/aromatic N) is 2. The predicted octanol–water partition coefficient (Wildman–Crippen LogP) is 3.55. The van der Waals surface area contributed by atoms with Crippen LogP contribution in [0.1, 0.15) is 63.3 Å². The maximum atomic E-state index is 12.2. The first-order chi connectivity index (χ1) is 9.86. The van der Waals surface area contributed by atoms with E-state index in [4.69, 9.17) is 0 Å². The Morgan fingerprint density at radius 3 is 2.62 bits per heavy atom. The van der Waals surface area contributed by atoms with Crippen LogP contribution in [0.5, 0.6) is 0 Å². The normalized spacial score (nSPS) is 14.2. The Hall–Kier alpha value is -0.940. The summed E-state index contributed by atoms with van der Waals surface area (Å²) >= 11 is 1.48. The summed E-state index contributed by atoms with van der Waals surface area (Å²) < 4.78 is 0. The number of carbonyl (C=O) groups is 1. The van der Waals surface area contributed by atoms with Gasteiger partial charge in [0.15, 0.2) is 0 Å². The van der Waals surface area contributed by atoms with E-state index in [9.17, 15) is 9.90 Å². The summed E-state index contributed by atoms with van der Waals surface area (Å²) in [6.07, 6.45) is 2.47. The Morgan fingerprint density at radius 1 is 1.48 bits per heavy atom. The van der Waals surface area contributed by atoms with Crippen molar-refractivity contribution < 1.29 is 9.90 Å². The second kappa shape index (κ2) is 8.49. The largest absolute Gasteiger partial charge is 0.386 e. The van der Waals surface area contributed by atoms with Crippen LogP contribution in [0.15, 0.2) is 5.38 Å². The molecular weight excluding hydrogens is 284 g/mol. The quantitative estimate of drug-likeness (QED) is 0.798. The van der Waals surface area contributed by atoms with Gasteiger partial charge >= 0.3 is 0 Å². The topological polar surface area (TPSA) is 53.4 Å². The van der Waals surface area contributed by atoms with Gasteiger partial charge in [-0.25, -0.2) is 4.98 Å². The Balaban J connectivity index is 2.70. The van der Waals surface area contributed by atoms with Crippen LogP contribution in [-0.4, -0.2) is 34.0 Å². The van der Waals surface area contributed by atoms with Crippen LogP contribution in [0.3, 0.4) is 0 Å². The minimum Gasteiger partial charge on any atom is -0.386 e. The molecule has 0 aliphatic rings. The van der Waals surface area contributed by atoms with E-state index in [0.717, 1.165) is 23.5 Å². The van der Waals surface area contributed by atoms with Crippen molar-refractivity contribution >= 4 is 17.2 Å². The van der Waals surface area contributed by atoms with Crippen LogP contribution >= 0.6 is 11.3 Å². The lowest BCUT2D eigenvalue weighted by Gasteiger charge is -2.32. The van der Waals surface area contributed by atoms with E-state index >= 15 is 0 Å². The van der Waals surface area contributed by atoms with Crippen LogP contribution in [-0.2, 0) is 4.79 Å². The van der Waals surface area contributed by atoms with Crippen molar-refractivity contribution in [2.75, 3.05) is 7.05 Å². The summed E-state index contributed by atoms with van der Waals surface area (Å²) in [5.41, 5.74) is 0.933. The van der Waals surface area contributed by atoms with Gasteiger partial charge < -0.3 is 10.0 Å². The molecule has 1 heterocycles. The molecule has 0 saturated carbocycles. The van der Waals surface area contributed by atoms with Gasteiger partial charge in [-0.3, -0.25) is 4.79 Å². The van der Waals surface area contributed by atoms with E-state index < -0.39 is 6.10 Å². The molecule has 1 aromatic heterocycles. The summed E-state index contributed by atoms with van der Waals surface area (Å²) in [5.74, 6) is 0.467. The number of unbranched alkanes of at least 4 members (excludes halogenated alkanes) is 1. The summed E-state index contributed by atoms with van der Waals surface area (Å²) in [4.78, 5) is 18.4. The Labute approximate surface area is 132 Å². The standard InChI is InChI=1S/C16H28N2O2S/c1-6-7-8-15(20)18(5)13(11(2)3)9-14(19)16-17-12(4)10-21-16/h10-11,13-14,19H,6-9H2,1-5H3. The third kappa shape index (κ3) is 5.40. The van der Waals surface area contributed by atoms with Gasteiger partial charge in [-0.2, -0.15) is 0 Å². The van der Waals surface area contributed by atoms with E-state index in [-0.39, 0.29) is 11.9 Å². The molecule has 5 heteroatoms. The number of aliphatic hydroxyl groups is 1. The lowest BCUT2D eigenvalue weighted by atomic mass is 9.96. The zero-order valence-corrected chi connectivity index (χ0v) is 14.6. The zero-order chi connectivity index (χ0) is 16.0. The summed E-state index contributed by atoms with van der Waals surface area (Å²) in [6.45, 7) is 8.19. The van der Waals surface area contributed by atoms with Crippen molar-refractivity contribution in [3.8, 4) is 0 Å². The number of aromatic nitrogens is 1. The molecule has 0 aliphatic carbocycles. The van der Waals surface area contributed by atoms with Crippen molar-refractivity contribution in [2.45, 2.75) is 65.5 Å². The molecule has 1 N–H and O–H groups in total. The molecule has 2 unspecified atom stereocenters. The van der Waals surface area contributed by atoms with Gasteiger partial charge in [0.1, 0.15) is 11.1 Å². The monoisotopic (exact) mass is 312 g/mol. The Morgan fingerprint density at radius 2 is 2.14 bits per heavy atom. The van der Waals surface area contributed by atoms with E-state index in [2.05, 4.69) is 25.8 Å². The maximum Gasteiger partial charge on any atom is 0.222 e. The van der Waals surface area contributed by atoms with Crippen LogP contribution in [0.25, 0.3) is 0 Å². The predicted molar refractivity (Wildman–Crippen MR) is 87.3 cm³/mol. The van der Waals surface area contributed by atoms with Gasteiger partial charge in [-0.15, -0.1) is 11.3 Å². The zero-order valence-electron chi connectivity index (χ0n) is 13.8. The second-order valence-electron chi connectivity index (χ2n) is 6.00. The molecular formula is C16H28N2O2S. The first-order valence-electron chi connectivity index (χ1n) is 7.72. The molecule has 1 rings (SSSR count). The second-order valence-corrected chi connectivity index (χ2v) is 6.89. The van der Waals surface area contributed by atoms with Crippen molar-refractivity contribution in [1.29, 1.82) is 0 Å². The number of hydrogen-bond donors (Lipinski definition) is 1. The molecule has 4 nitrogen and oxygen atoms in total. The number of aryl methyl sites for hydroxylation is 1. The van der Waals surface area contributed by atoms with Crippen LogP contribution in [0.4, 0.5) is 0 Å². The number of amides is 1. The van der Waals surface area contributed by atoms with Crippen LogP contribution in [0, 0.1) is 12.8 Å². The van der Waals surface area contributed by atoms with Gasteiger partial charge in [0.25, 0.3) is 0 Å². The highest BCUT2D eigenvalue weighted by molar-refractivity contribution is 7.09. The summed E-state index contributed by atoms with van der Waals surface area (Å²) in [6, 6.07) is 0.0357. The maximum absolute atomic E-state index is 12.2. The third-order valence-electron chi connectivity index (χ3n) is 3.79. The van der Waals surface area contributed by atoms with Crippen LogP contribution < -0.4 is 0 Å². The van der Waals surface area contributed by atoms with Crippen molar-refractivity contribution in [1.82, 2.24) is 9.88 Å². The average molecular weight is 312 g/mol. The highest BCUT2D eigenvalue weighted by atomic mass is 32.1. The van der Waals surface area contributed by atoms with Gasteiger partial charge in [0, 0.05) is 37.0 Å². The number of hydrogen-bond acceptors (Lipinski definition) is 4. The van der Waals surface area contributed by atoms with Crippen molar-refractivity contribution in [2.24, 2.45) is 5.92 Å². The first kappa shape index (κ1) is 18.1. The summed E-state index contributed by atoms with van der Waals surface area (Å²) in [5, 5.41) is 13.1. The Bertz CT molecular complexity index is 445. The first-order valence-corrected chi connectivity index (χ1v) is 8.60. The molecule has 0 aliphatic heterocycles. The molecule has 0 fully saturated rings. The minimum atomic E-state index is -0.600. The van der Waals surface area contributed by atoms with E-state index in [1.54, 1.807) is 0 Å². The SMILES string of the molecule is CCCCC(=O)N(C)C(CC(O)c1nc(C)cs1)C(C)C. The van der Waals surface area contributed by atoms with Gasteiger partial charge in [0.2, 0.25) is 5.91 Å². The molecule has 0 aromatic carbocycles. The smallest absolute Gasteiger partial charge is 0.222 e. The van der Waals surface area contributed by atoms with Crippen LogP contribution in [0.2, 0.25) is 0 Å². The molecule has 0 bridgehead atoms. The fourth-order valence-corrected chi connectivity index (χ4v) is 3.22. The lowest BCUT2D eigenvalue weighted by molar-refractivity contribution is -0.133. The average Bonchev–Trinajstić information content (AvgIpc) is 2.87. The third-order valence-corrected chi connectivity index (χ3v) is 4.86. The molecule has 21 heavy (non-hydrogen) atoms. The fourth-order valence-electron chi connectivity index (χ4n) is 2.42. The lowest BCUT2D eigenvalue weighted by Crippen LogP contribution is -2.41. The fraction of sp³-hybridized carbons (Fsp3) is 0.750. The van der Waals surface area contributed by atoms with Crippen molar-refractivity contribution in [3.63, 3.8) is 0 Å². The van der Waals surface area contributed by atoms with E-state index in [1.807, 2.05) is 24.3 Å². The highest BCUT2D eigenvalue weighted by Crippen LogP contribution is 2.27. The number of rotatable bonds is 8. The highest BCUT2D eigenvalue weighted by Gasteiger charge is 2.26. The molecule has 2 atom stereocenters.